The van der Waals surface area contributed by atoms with E-state index in [0.717, 1.165) is 43.5 Å². The van der Waals surface area contributed by atoms with Crippen molar-refractivity contribution < 1.29 is 5.11 Å². The molecule has 3 aliphatic rings. The van der Waals surface area contributed by atoms with E-state index in [1.165, 1.54) is 11.1 Å². The van der Waals surface area contributed by atoms with Crippen molar-refractivity contribution in [3.05, 3.63) is 109 Å². The van der Waals surface area contributed by atoms with Gasteiger partial charge in [0.05, 0.1) is 25.0 Å². The quantitative estimate of drug-likeness (QED) is 0.357. The highest BCUT2D eigenvalue weighted by Gasteiger charge is 2.27. The first-order chi connectivity index (χ1) is 18.3. The van der Waals surface area contributed by atoms with Gasteiger partial charge in [-0.25, -0.2) is 15.0 Å². The third-order valence-corrected chi connectivity index (χ3v) is 7.11. The zero-order valence-electron chi connectivity index (χ0n) is 20.7. The fourth-order valence-corrected chi connectivity index (χ4v) is 5.34. The Kier molecular flexibility index (Phi) is 6.77. The fraction of sp³-hybridized carbons (Fsp3) is 0.276. The standard InChI is InChI=1S/C29H31N7O/c37-25(20-36-22-32-29(35-13-7-8-14-35)26-28(36)31-21-30-26)19-33-15-17-34(18-16-33)27(23-9-3-1-4-10-23)24-11-5-2-6-12-24/h1-14,21-22,25,27,37H,15-20H2/t25-/m0/s1. The van der Waals surface area contributed by atoms with Crippen LogP contribution in [0.5, 0.6) is 0 Å². The number of imidazole rings is 1. The van der Waals surface area contributed by atoms with E-state index in [0.29, 0.717) is 13.1 Å². The number of nitrogens with zero attached hydrogens (tertiary/aromatic N) is 7. The summed E-state index contributed by atoms with van der Waals surface area (Å²) in [6.07, 6.45) is 6.65. The molecule has 1 fully saturated rings. The molecule has 188 valence electrons. The highest BCUT2D eigenvalue weighted by Crippen LogP contribution is 2.29. The van der Waals surface area contributed by atoms with Gasteiger partial charge in [-0.1, -0.05) is 60.7 Å². The van der Waals surface area contributed by atoms with Crippen molar-refractivity contribution >= 4 is 0 Å². The molecule has 6 rings (SSSR count). The van der Waals surface area contributed by atoms with Crippen LogP contribution in [0.3, 0.4) is 0 Å². The molecule has 0 bridgehead atoms. The zero-order valence-corrected chi connectivity index (χ0v) is 20.7. The molecular formula is C29H31N7O. The first-order valence-electron chi connectivity index (χ1n) is 12.8. The maximum atomic E-state index is 11.0. The largest absolute Gasteiger partial charge is 0.390 e. The molecule has 3 aromatic rings. The van der Waals surface area contributed by atoms with Crippen LogP contribution in [0.25, 0.3) is 17.3 Å². The number of β-amino-alcohol motifs (C(OH)–C–C–N with tert-alkyl or cyclic N) is 1. The molecule has 8 heteroatoms. The number of aliphatic hydroxyl groups is 1. The van der Waals surface area contributed by atoms with Crippen LogP contribution in [-0.4, -0.2) is 77.8 Å². The Bertz CT molecular complexity index is 1320. The van der Waals surface area contributed by atoms with Crippen molar-refractivity contribution in [3.8, 4) is 17.3 Å². The summed E-state index contributed by atoms with van der Waals surface area (Å²) in [4.78, 5) is 18.4. The molecule has 37 heavy (non-hydrogen) atoms. The van der Waals surface area contributed by atoms with E-state index in [2.05, 4.69) is 85.4 Å². The Morgan fingerprint density at radius 3 is 2.03 bits per heavy atom. The van der Waals surface area contributed by atoms with Crippen molar-refractivity contribution in [1.82, 2.24) is 33.9 Å². The highest BCUT2D eigenvalue weighted by atomic mass is 16.3. The minimum atomic E-state index is -0.533. The minimum absolute atomic E-state index is 0.235. The second kappa shape index (κ2) is 10.6. The number of rotatable bonds is 8. The van der Waals surface area contributed by atoms with E-state index in [1.54, 1.807) is 12.7 Å². The molecule has 2 aromatic carbocycles. The van der Waals surface area contributed by atoms with Crippen molar-refractivity contribution in [1.29, 1.82) is 0 Å². The lowest BCUT2D eigenvalue weighted by molar-refractivity contribution is 0.0555. The first-order valence-corrected chi connectivity index (χ1v) is 12.8. The highest BCUT2D eigenvalue weighted by molar-refractivity contribution is 5.61. The van der Waals surface area contributed by atoms with Crippen molar-refractivity contribution in [2.75, 3.05) is 32.7 Å². The number of benzene rings is 2. The van der Waals surface area contributed by atoms with E-state index in [1.807, 2.05) is 33.7 Å². The van der Waals surface area contributed by atoms with E-state index in [9.17, 15) is 5.11 Å². The summed E-state index contributed by atoms with van der Waals surface area (Å²) in [5.41, 5.74) is 3.36. The zero-order chi connectivity index (χ0) is 25.0. The molecule has 3 aliphatic heterocycles. The smallest absolute Gasteiger partial charge is 0.168 e. The van der Waals surface area contributed by atoms with Crippen LogP contribution in [0.15, 0.2) is 97.8 Å². The molecule has 0 radical (unpaired) electrons. The Labute approximate surface area is 216 Å². The Morgan fingerprint density at radius 1 is 0.730 bits per heavy atom. The number of piperazine rings is 1. The summed E-state index contributed by atoms with van der Waals surface area (Å²) in [6.45, 7) is 4.74. The third kappa shape index (κ3) is 5.04. The molecule has 1 atom stereocenters. The lowest BCUT2D eigenvalue weighted by Crippen LogP contribution is -2.50. The molecule has 4 heterocycles. The predicted molar refractivity (Wildman–Crippen MR) is 143 cm³/mol. The molecule has 1 aromatic heterocycles. The average Bonchev–Trinajstić information content (AvgIpc) is 3.65. The molecule has 0 unspecified atom stereocenters. The van der Waals surface area contributed by atoms with Gasteiger partial charge in [-0.15, -0.1) is 0 Å². The Hall–Kier alpha value is -3.85. The number of aromatic nitrogens is 5. The maximum absolute atomic E-state index is 11.0. The summed E-state index contributed by atoms with van der Waals surface area (Å²) < 4.78 is 3.83. The van der Waals surface area contributed by atoms with Gasteiger partial charge < -0.3 is 14.2 Å². The molecule has 0 spiro atoms. The average molecular weight is 494 g/mol. The predicted octanol–water partition coefficient (Wildman–Crippen LogP) is 3.34. The summed E-state index contributed by atoms with van der Waals surface area (Å²) in [7, 11) is 0. The third-order valence-electron chi connectivity index (χ3n) is 7.11. The van der Waals surface area contributed by atoms with E-state index in [-0.39, 0.29) is 6.04 Å². The lowest BCUT2D eigenvalue weighted by Gasteiger charge is -2.40. The van der Waals surface area contributed by atoms with E-state index in [4.69, 9.17) is 0 Å². The number of fused-ring (bicyclic) bond motifs is 1. The maximum Gasteiger partial charge on any atom is 0.168 e. The molecule has 0 aliphatic carbocycles. The molecule has 8 nitrogen and oxygen atoms in total. The molecular weight excluding hydrogens is 462 g/mol. The van der Waals surface area contributed by atoms with Crippen LogP contribution in [0, 0.1) is 0 Å². The molecule has 1 saturated heterocycles. The molecule has 1 N–H and O–H groups in total. The summed E-state index contributed by atoms with van der Waals surface area (Å²) in [5, 5.41) is 11.0. The van der Waals surface area contributed by atoms with Gasteiger partial charge >= 0.3 is 0 Å². The normalized spacial score (nSPS) is 15.9. The van der Waals surface area contributed by atoms with E-state index < -0.39 is 6.10 Å². The minimum Gasteiger partial charge on any atom is -0.390 e. The van der Waals surface area contributed by atoms with Crippen LogP contribution in [0.4, 0.5) is 0 Å². The Morgan fingerprint density at radius 2 is 1.38 bits per heavy atom. The van der Waals surface area contributed by atoms with Gasteiger partial charge in [-0.05, 0) is 23.3 Å². The van der Waals surface area contributed by atoms with Crippen LogP contribution < -0.4 is 0 Å². The van der Waals surface area contributed by atoms with Crippen LogP contribution in [0.2, 0.25) is 0 Å². The summed E-state index contributed by atoms with van der Waals surface area (Å²) >= 11 is 0. The van der Waals surface area contributed by atoms with Gasteiger partial charge in [0.2, 0.25) is 0 Å². The van der Waals surface area contributed by atoms with Gasteiger partial charge in [-0.2, -0.15) is 0 Å². The van der Waals surface area contributed by atoms with Crippen molar-refractivity contribution in [2.24, 2.45) is 0 Å². The SMILES string of the molecule is O[C@@H](CN1CCN(C(c2ccccc2)c2ccccc2)CC1)Cn1cnc(-n2cccc2)c2ncnc1-2. The van der Waals surface area contributed by atoms with Crippen molar-refractivity contribution in [3.63, 3.8) is 0 Å². The second-order valence-corrected chi connectivity index (χ2v) is 9.57. The van der Waals surface area contributed by atoms with Gasteiger partial charge in [-0.3, -0.25) is 9.80 Å². The van der Waals surface area contributed by atoms with E-state index >= 15 is 0 Å². The van der Waals surface area contributed by atoms with Gasteiger partial charge in [0.15, 0.2) is 17.3 Å². The second-order valence-electron chi connectivity index (χ2n) is 9.57. The number of hydrogen-bond acceptors (Lipinski definition) is 6. The number of aliphatic hydroxyl groups excluding tert-OH is 1. The summed E-state index contributed by atoms with van der Waals surface area (Å²) in [5.74, 6) is 1.47. The summed E-state index contributed by atoms with van der Waals surface area (Å²) in [6, 6.07) is 25.6. The fourth-order valence-electron chi connectivity index (χ4n) is 5.34. The monoisotopic (exact) mass is 493 g/mol. The first kappa shape index (κ1) is 23.5. The van der Waals surface area contributed by atoms with Gasteiger partial charge in [0.25, 0.3) is 0 Å². The molecule has 0 amide bonds. The topological polar surface area (TPSA) is 75.2 Å². The lowest BCUT2D eigenvalue weighted by atomic mass is 9.96. The number of hydrogen-bond donors (Lipinski definition) is 1. The van der Waals surface area contributed by atoms with Crippen LogP contribution in [-0.2, 0) is 6.54 Å². The van der Waals surface area contributed by atoms with Crippen LogP contribution in [0.1, 0.15) is 17.2 Å². The van der Waals surface area contributed by atoms with Crippen molar-refractivity contribution in [2.45, 2.75) is 18.7 Å². The Balaban J connectivity index is 1.10. The van der Waals surface area contributed by atoms with Gasteiger partial charge in [0, 0.05) is 45.1 Å². The molecule has 0 saturated carbocycles. The van der Waals surface area contributed by atoms with Gasteiger partial charge in [0.1, 0.15) is 6.33 Å². The van der Waals surface area contributed by atoms with Crippen LogP contribution >= 0.6 is 0 Å².